The molecule has 0 radical (unpaired) electrons. The predicted octanol–water partition coefficient (Wildman–Crippen LogP) is 5.52. The summed E-state index contributed by atoms with van der Waals surface area (Å²) in [6.07, 6.45) is 8.24. The average molecular weight is 562 g/mol. The molecule has 1 aromatic carbocycles. The largest absolute Gasteiger partial charge is 0.383 e. The van der Waals surface area contributed by atoms with E-state index >= 15 is 4.39 Å². The molecule has 9 heteroatoms. The summed E-state index contributed by atoms with van der Waals surface area (Å²) in [7, 11) is 1.75. The molecule has 220 valence electrons. The van der Waals surface area contributed by atoms with E-state index in [1.165, 1.54) is 12.1 Å². The SMILES string of the molecule is C=CC(=O)N1CCC[C@@H](NC(=C\C)/C(=C(N)\N=C/C)C(NC)c2ccc(C(=C)Nc3ccccn3)cc2F)C1.CC. The van der Waals surface area contributed by atoms with Crippen molar-refractivity contribution in [1.82, 2.24) is 20.5 Å². The highest BCUT2D eigenvalue weighted by molar-refractivity contribution is 5.87. The van der Waals surface area contributed by atoms with Gasteiger partial charge in [0.15, 0.2) is 0 Å². The van der Waals surface area contributed by atoms with E-state index in [1.54, 1.807) is 43.4 Å². The van der Waals surface area contributed by atoms with Crippen molar-refractivity contribution in [2.45, 2.75) is 52.6 Å². The molecule has 1 unspecified atom stereocenters. The summed E-state index contributed by atoms with van der Waals surface area (Å²) in [5.41, 5.74) is 9.33. The second-order valence-electron chi connectivity index (χ2n) is 9.14. The number of amides is 1. The number of pyridine rings is 1. The van der Waals surface area contributed by atoms with Crippen LogP contribution in [0.3, 0.4) is 0 Å². The van der Waals surface area contributed by atoms with Crippen LogP contribution in [0.2, 0.25) is 0 Å². The number of halogens is 1. The lowest BCUT2D eigenvalue weighted by atomic mass is 9.93. The number of nitrogens with zero attached hydrogens (tertiary/aromatic N) is 3. The van der Waals surface area contributed by atoms with Crippen LogP contribution in [0, 0.1) is 5.82 Å². The number of carbonyl (C=O) groups excluding carboxylic acids is 1. The van der Waals surface area contributed by atoms with Crippen LogP contribution in [0.25, 0.3) is 5.70 Å². The number of hydrogen-bond donors (Lipinski definition) is 4. The summed E-state index contributed by atoms with van der Waals surface area (Å²) in [6, 6.07) is 9.84. The number of aliphatic imine (C=N–C) groups is 1. The number of nitrogens with two attached hydrogens (primary N) is 1. The molecule has 5 N–H and O–H groups in total. The molecule has 1 aliphatic heterocycles. The number of likely N-dealkylation sites (tertiary alicyclic amines) is 1. The van der Waals surface area contributed by atoms with E-state index < -0.39 is 11.9 Å². The average Bonchev–Trinajstić information content (AvgIpc) is 3.00. The van der Waals surface area contributed by atoms with Gasteiger partial charge in [0.05, 0.1) is 6.04 Å². The first-order valence-corrected chi connectivity index (χ1v) is 14.0. The smallest absolute Gasteiger partial charge is 0.246 e. The fraction of sp³-hybridized carbons (Fsp3) is 0.344. The van der Waals surface area contributed by atoms with Gasteiger partial charge in [-0.2, -0.15) is 0 Å². The highest BCUT2D eigenvalue weighted by atomic mass is 19.1. The quantitative estimate of drug-likeness (QED) is 0.163. The number of hydrogen-bond acceptors (Lipinski definition) is 7. The van der Waals surface area contributed by atoms with Crippen molar-refractivity contribution in [3.63, 3.8) is 0 Å². The Kier molecular flexibility index (Phi) is 13.5. The molecule has 1 amide bonds. The van der Waals surface area contributed by atoms with Gasteiger partial charge in [0.1, 0.15) is 17.5 Å². The van der Waals surface area contributed by atoms with Crippen molar-refractivity contribution >= 4 is 23.6 Å². The Morgan fingerprint density at radius 1 is 1.27 bits per heavy atom. The van der Waals surface area contributed by atoms with Crippen molar-refractivity contribution in [2.75, 3.05) is 25.5 Å². The van der Waals surface area contributed by atoms with Gasteiger partial charge in [0.25, 0.3) is 0 Å². The third kappa shape index (κ3) is 8.88. The van der Waals surface area contributed by atoms with Crippen molar-refractivity contribution in [1.29, 1.82) is 0 Å². The number of benzene rings is 1. The fourth-order valence-electron chi connectivity index (χ4n) is 4.68. The molecule has 0 aliphatic carbocycles. The topological polar surface area (TPSA) is 108 Å². The zero-order valence-electron chi connectivity index (χ0n) is 24.9. The standard InChI is InChI=1S/C30H38FN7O.C2H6/c1-6-25(37-22-12-11-17-38(19-22)27(39)7-2)28(30(32)34-8-3)29(33-5)23-15-14-21(18-24(23)31)20(4)36-26-13-9-10-16-35-26;1-2/h6-10,13-16,18,22,29,33,37H,2,4,11-12,17,19,32H2,1,3,5H3,(H,35,36);1-2H3/b25-6-,30-28+,34-8-;/t22-,29?;/m1./s1. The maximum absolute atomic E-state index is 15.7. The second-order valence-corrected chi connectivity index (χ2v) is 9.14. The summed E-state index contributed by atoms with van der Waals surface area (Å²) < 4.78 is 15.7. The van der Waals surface area contributed by atoms with Crippen molar-refractivity contribution in [3.8, 4) is 0 Å². The van der Waals surface area contributed by atoms with E-state index in [2.05, 4.69) is 39.1 Å². The minimum atomic E-state index is -0.604. The monoisotopic (exact) mass is 561 g/mol. The molecule has 41 heavy (non-hydrogen) atoms. The Balaban J connectivity index is 0.00000287. The summed E-state index contributed by atoms with van der Waals surface area (Å²) in [5.74, 6) is 0.369. The summed E-state index contributed by atoms with van der Waals surface area (Å²) in [5, 5.41) is 9.86. The molecular weight excluding hydrogens is 517 g/mol. The first-order valence-electron chi connectivity index (χ1n) is 14.0. The predicted molar refractivity (Wildman–Crippen MR) is 169 cm³/mol. The first-order chi connectivity index (χ1) is 19.8. The molecule has 2 heterocycles. The van der Waals surface area contributed by atoms with E-state index in [-0.39, 0.29) is 17.8 Å². The van der Waals surface area contributed by atoms with Gasteiger partial charge in [-0.25, -0.2) is 14.4 Å². The Labute approximate surface area is 244 Å². The maximum atomic E-state index is 15.7. The highest BCUT2D eigenvalue weighted by Gasteiger charge is 2.28. The van der Waals surface area contributed by atoms with Gasteiger partial charge in [-0.3, -0.25) is 4.79 Å². The minimum absolute atomic E-state index is 0.00650. The molecular formula is C32H44FN7O. The molecule has 2 atom stereocenters. The Bertz CT molecular complexity index is 1270. The fourth-order valence-corrected chi connectivity index (χ4v) is 4.68. The van der Waals surface area contributed by atoms with Crippen LogP contribution in [0.1, 0.15) is 57.7 Å². The molecule has 8 nitrogen and oxygen atoms in total. The number of rotatable bonds is 11. The van der Waals surface area contributed by atoms with Crippen LogP contribution in [-0.4, -0.2) is 48.2 Å². The lowest BCUT2D eigenvalue weighted by Crippen LogP contribution is -2.47. The van der Waals surface area contributed by atoms with Crippen molar-refractivity contribution < 1.29 is 9.18 Å². The van der Waals surface area contributed by atoms with Gasteiger partial charge in [0.2, 0.25) is 5.91 Å². The van der Waals surface area contributed by atoms with Crippen LogP contribution in [0.15, 0.2) is 90.0 Å². The van der Waals surface area contributed by atoms with Crippen LogP contribution >= 0.6 is 0 Å². The van der Waals surface area contributed by atoms with Crippen LogP contribution in [-0.2, 0) is 4.79 Å². The summed E-state index contributed by atoms with van der Waals surface area (Å²) >= 11 is 0. The normalized spacial score (nSPS) is 16.7. The number of anilines is 1. The first kappa shape index (κ1) is 33.0. The number of likely N-dealkylation sites (N-methyl/N-ethyl adjacent to an activating group) is 1. The summed E-state index contributed by atoms with van der Waals surface area (Å²) in [4.78, 5) is 22.6. The molecule has 1 aromatic heterocycles. The van der Waals surface area contributed by atoms with Crippen LogP contribution in [0.5, 0.6) is 0 Å². The number of allylic oxidation sites excluding steroid dienone is 1. The molecule has 0 saturated carbocycles. The van der Waals surface area contributed by atoms with Gasteiger partial charge >= 0.3 is 0 Å². The molecule has 1 fully saturated rings. The molecule has 0 bridgehead atoms. The van der Waals surface area contributed by atoms with E-state index in [0.29, 0.717) is 41.3 Å². The zero-order chi connectivity index (χ0) is 30.4. The van der Waals surface area contributed by atoms with Crippen LogP contribution in [0.4, 0.5) is 10.2 Å². The third-order valence-electron chi connectivity index (χ3n) is 6.57. The Morgan fingerprint density at radius 3 is 2.61 bits per heavy atom. The van der Waals surface area contributed by atoms with Crippen molar-refractivity contribution in [3.05, 3.63) is 102 Å². The zero-order valence-corrected chi connectivity index (χ0v) is 24.9. The van der Waals surface area contributed by atoms with Crippen molar-refractivity contribution in [2.24, 2.45) is 10.7 Å². The van der Waals surface area contributed by atoms with Crippen LogP contribution < -0.4 is 21.7 Å². The Morgan fingerprint density at radius 2 is 2.02 bits per heavy atom. The lowest BCUT2D eigenvalue weighted by molar-refractivity contribution is -0.127. The number of nitrogens with one attached hydrogen (secondary N) is 3. The number of aromatic nitrogens is 1. The lowest BCUT2D eigenvalue weighted by Gasteiger charge is -2.35. The Hall–Kier alpha value is -4.24. The molecule has 3 rings (SSSR count). The number of piperidine rings is 1. The molecule has 2 aromatic rings. The second kappa shape index (κ2) is 16.8. The van der Waals surface area contributed by atoms with Gasteiger partial charge < -0.3 is 26.6 Å². The molecule has 1 saturated heterocycles. The van der Waals surface area contributed by atoms with Gasteiger partial charge in [-0.1, -0.05) is 51.3 Å². The molecule has 0 spiro atoms. The number of carbonyl (C=O) groups is 1. The highest BCUT2D eigenvalue weighted by Crippen LogP contribution is 2.32. The minimum Gasteiger partial charge on any atom is -0.383 e. The van der Waals surface area contributed by atoms with E-state index in [4.69, 9.17) is 5.73 Å². The summed E-state index contributed by atoms with van der Waals surface area (Å²) in [6.45, 7) is 16.5. The van der Waals surface area contributed by atoms with E-state index in [0.717, 1.165) is 18.5 Å². The van der Waals surface area contributed by atoms with Gasteiger partial charge in [-0.15, -0.1) is 0 Å². The molecule has 1 aliphatic rings. The van der Waals surface area contributed by atoms with Gasteiger partial charge in [-0.05, 0) is 58.0 Å². The third-order valence-corrected chi connectivity index (χ3v) is 6.57. The van der Waals surface area contributed by atoms with Gasteiger partial charge in [0, 0.05) is 59.6 Å². The van der Waals surface area contributed by atoms with E-state index in [9.17, 15) is 4.79 Å². The van der Waals surface area contributed by atoms with E-state index in [1.807, 2.05) is 45.0 Å². The maximum Gasteiger partial charge on any atom is 0.246 e.